The topological polar surface area (TPSA) is 12.4 Å². The number of nitrogens with zero attached hydrogens (tertiary/aromatic N) is 1. The van der Waals surface area contributed by atoms with Crippen molar-refractivity contribution in [1.82, 2.24) is 0 Å². The Hall–Kier alpha value is -0.630. The Morgan fingerprint density at radius 1 is 1.30 bits per heavy atom. The number of hydrogen-bond acceptors (Lipinski definition) is 1. The third-order valence-corrected chi connectivity index (χ3v) is 1.74. The van der Waals surface area contributed by atoms with Gasteiger partial charge in [0.15, 0.2) is 0 Å². The lowest BCUT2D eigenvalue weighted by atomic mass is 10.2. The summed E-state index contributed by atoms with van der Waals surface area (Å²) in [6.45, 7) is 4.12. The molecule has 1 rings (SSSR count). The summed E-state index contributed by atoms with van der Waals surface area (Å²) in [5.74, 6) is 0. The van der Waals surface area contributed by atoms with Gasteiger partial charge in [0, 0.05) is 4.47 Å². The average molecular weight is 198 g/mol. The molecule has 0 amide bonds. The normalized spacial score (nSPS) is 9.30. The van der Waals surface area contributed by atoms with Crippen molar-refractivity contribution in [3.63, 3.8) is 0 Å². The molecule has 0 heterocycles. The average Bonchev–Trinajstić information content (AvgIpc) is 1.95. The van der Waals surface area contributed by atoms with Gasteiger partial charge in [-0.3, -0.25) is 4.99 Å². The van der Waals surface area contributed by atoms with Crippen molar-refractivity contribution in [2.24, 2.45) is 4.99 Å². The SMILES string of the molecule is C=NCc1ccc(Br)cc1. The fraction of sp³-hybridized carbons (Fsp3) is 0.125. The summed E-state index contributed by atoms with van der Waals surface area (Å²) in [6, 6.07) is 8.05. The molecule has 1 nitrogen and oxygen atoms in total. The first-order chi connectivity index (χ1) is 4.83. The second-order valence-corrected chi connectivity index (χ2v) is 2.92. The first-order valence-corrected chi connectivity index (χ1v) is 3.79. The van der Waals surface area contributed by atoms with Gasteiger partial charge in [0.2, 0.25) is 0 Å². The molecule has 1 aromatic carbocycles. The maximum atomic E-state index is 3.77. The fourth-order valence-electron chi connectivity index (χ4n) is 0.719. The zero-order valence-corrected chi connectivity index (χ0v) is 7.13. The van der Waals surface area contributed by atoms with Crippen LogP contribution in [0.3, 0.4) is 0 Å². The number of rotatable bonds is 2. The van der Waals surface area contributed by atoms with Gasteiger partial charge in [-0.1, -0.05) is 28.1 Å². The zero-order valence-electron chi connectivity index (χ0n) is 5.55. The summed E-state index contributed by atoms with van der Waals surface area (Å²) in [4.78, 5) is 3.77. The molecule has 0 saturated heterocycles. The Morgan fingerprint density at radius 3 is 2.40 bits per heavy atom. The van der Waals surface area contributed by atoms with Crippen LogP contribution in [-0.2, 0) is 6.54 Å². The summed E-state index contributed by atoms with van der Waals surface area (Å²) in [5, 5.41) is 0. The highest BCUT2D eigenvalue weighted by molar-refractivity contribution is 9.10. The van der Waals surface area contributed by atoms with E-state index in [0.717, 1.165) is 4.47 Å². The second-order valence-electron chi connectivity index (χ2n) is 2.01. The van der Waals surface area contributed by atoms with E-state index in [2.05, 4.69) is 27.6 Å². The minimum Gasteiger partial charge on any atom is -0.296 e. The van der Waals surface area contributed by atoms with Gasteiger partial charge >= 0.3 is 0 Å². The number of hydrogen-bond donors (Lipinski definition) is 0. The number of halogens is 1. The monoisotopic (exact) mass is 197 g/mol. The van der Waals surface area contributed by atoms with Gasteiger partial charge in [-0.05, 0) is 24.4 Å². The van der Waals surface area contributed by atoms with Crippen LogP contribution in [0.5, 0.6) is 0 Å². The van der Waals surface area contributed by atoms with Gasteiger partial charge in [0.05, 0.1) is 6.54 Å². The van der Waals surface area contributed by atoms with Crippen molar-refractivity contribution in [3.8, 4) is 0 Å². The van der Waals surface area contributed by atoms with Crippen molar-refractivity contribution in [1.29, 1.82) is 0 Å². The Bertz CT molecular complexity index is 215. The predicted octanol–water partition coefficient (Wildman–Crippen LogP) is 2.65. The van der Waals surface area contributed by atoms with E-state index >= 15 is 0 Å². The molecule has 0 aliphatic rings. The minimum absolute atomic E-state index is 0.702. The molecule has 10 heavy (non-hydrogen) atoms. The minimum atomic E-state index is 0.702. The van der Waals surface area contributed by atoms with E-state index in [-0.39, 0.29) is 0 Å². The van der Waals surface area contributed by atoms with Crippen LogP contribution in [0.2, 0.25) is 0 Å². The molecular formula is C8H8BrN. The Kier molecular flexibility index (Phi) is 2.63. The molecule has 0 aliphatic heterocycles. The van der Waals surface area contributed by atoms with E-state index in [9.17, 15) is 0 Å². The van der Waals surface area contributed by atoms with Crippen LogP contribution in [0.15, 0.2) is 33.7 Å². The van der Waals surface area contributed by atoms with E-state index in [1.165, 1.54) is 5.56 Å². The van der Waals surface area contributed by atoms with Gasteiger partial charge in [-0.2, -0.15) is 0 Å². The fourth-order valence-corrected chi connectivity index (χ4v) is 0.983. The Morgan fingerprint density at radius 2 is 1.90 bits per heavy atom. The molecular weight excluding hydrogens is 190 g/mol. The molecule has 0 saturated carbocycles. The maximum Gasteiger partial charge on any atom is 0.0632 e. The van der Waals surface area contributed by atoms with Gasteiger partial charge in [-0.15, -0.1) is 0 Å². The summed E-state index contributed by atoms with van der Waals surface area (Å²) < 4.78 is 1.10. The van der Waals surface area contributed by atoms with E-state index in [1.807, 2.05) is 24.3 Å². The summed E-state index contributed by atoms with van der Waals surface area (Å²) >= 11 is 3.35. The third kappa shape index (κ3) is 1.95. The molecule has 0 fully saturated rings. The standard InChI is InChI=1S/C8H8BrN/c1-10-6-7-2-4-8(9)5-3-7/h2-5H,1,6H2. The molecule has 52 valence electrons. The second kappa shape index (κ2) is 3.52. The van der Waals surface area contributed by atoms with Crippen LogP contribution in [0.4, 0.5) is 0 Å². The predicted molar refractivity (Wildman–Crippen MR) is 47.4 cm³/mol. The lowest BCUT2D eigenvalue weighted by molar-refractivity contribution is 1.08. The molecule has 0 N–H and O–H groups in total. The molecule has 2 heteroatoms. The largest absolute Gasteiger partial charge is 0.296 e. The van der Waals surface area contributed by atoms with E-state index in [0.29, 0.717) is 6.54 Å². The molecule has 1 aromatic rings. The van der Waals surface area contributed by atoms with E-state index < -0.39 is 0 Å². The Labute approximate surface area is 68.9 Å². The first-order valence-electron chi connectivity index (χ1n) is 3.00. The molecule has 0 radical (unpaired) electrons. The highest BCUT2D eigenvalue weighted by Gasteiger charge is 1.87. The summed E-state index contributed by atoms with van der Waals surface area (Å²) in [7, 11) is 0. The van der Waals surface area contributed by atoms with Crippen LogP contribution in [-0.4, -0.2) is 6.72 Å². The smallest absolute Gasteiger partial charge is 0.0632 e. The molecule has 0 unspecified atom stereocenters. The van der Waals surface area contributed by atoms with Crippen LogP contribution >= 0.6 is 15.9 Å². The lowest BCUT2D eigenvalue weighted by Crippen LogP contribution is -1.77. The van der Waals surface area contributed by atoms with Gasteiger partial charge in [0.1, 0.15) is 0 Å². The van der Waals surface area contributed by atoms with Crippen LogP contribution in [0.25, 0.3) is 0 Å². The third-order valence-electron chi connectivity index (χ3n) is 1.21. The zero-order chi connectivity index (χ0) is 7.40. The van der Waals surface area contributed by atoms with E-state index in [4.69, 9.17) is 0 Å². The van der Waals surface area contributed by atoms with Crippen LogP contribution in [0.1, 0.15) is 5.56 Å². The van der Waals surface area contributed by atoms with Crippen LogP contribution < -0.4 is 0 Å². The van der Waals surface area contributed by atoms with Crippen molar-refractivity contribution in [2.75, 3.05) is 0 Å². The molecule has 0 bridgehead atoms. The Balaban J connectivity index is 2.78. The van der Waals surface area contributed by atoms with Crippen molar-refractivity contribution in [3.05, 3.63) is 34.3 Å². The highest BCUT2D eigenvalue weighted by atomic mass is 79.9. The van der Waals surface area contributed by atoms with E-state index in [1.54, 1.807) is 0 Å². The number of benzene rings is 1. The molecule has 0 aliphatic carbocycles. The van der Waals surface area contributed by atoms with Crippen molar-refractivity contribution in [2.45, 2.75) is 6.54 Å². The lowest BCUT2D eigenvalue weighted by Gasteiger charge is -1.94. The van der Waals surface area contributed by atoms with Crippen LogP contribution in [0, 0.1) is 0 Å². The maximum absolute atomic E-state index is 3.77. The molecule has 0 aromatic heterocycles. The molecule has 0 atom stereocenters. The van der Waals surface area contributed by atoms with Crippen molar-refractivity contribution >= 4 is 22.6 Å². The summed E-state index contributed by atoms with van der Waals surface area (Å²) in [6.07, 6.45) is 0. The van der Waals surface area contributed by atoms with Crippen molar-refractivity contribution < 1.29 is 0 Å². The van der Waals surface area contributed by atoms with Gasteiger partial charge in [0.25, 0.3) is 0 Å². The first kappa shape index (κ1) is 7.48. The summed E-state index contributed by atoms with van der Waals surface area (Å²) in [5.41, 5.74) is 1.19. The van der Waals surface area contributed by atoms with Gasteiger partial charge < -0.3 is 0 Å². The quantitative estimate of drug-likeness (QED) is 0.647. The molecule has 0 spiro atoms. The highest BCUT2D eigenvalue weighted by Crippen LogP contribution is 2.10. The number of aliphatic imine (C=N–C) groups is 1. The van der Waals surface area contributed by atoms with Gasteiger partial charge in [-0.25, -0.2) is 0 Å².